The third-order valence-corrected chi connectivity index (χ3v) is 5.85. The van der Waals surface area contributed by atoms with Crippen LogP contribution in [-0.2, 0) is 16.6 Å². The number of carbonyl (C=O) groups excluding carboxylic acids is 1. The minimum Gasteiger partial charge on any atom is -0.369 e. The summed E-state index contributed by atoms with van der Waals surface area (Å²) >= 11 is 1.67. The molecule has 2 heterocycles. The number of pyridine rings is 1. The van der Waals surface area contributed by atoms with E-state index in [1.807, 2.05) is 79.2 Å². The summed E-state index contributed by atoms with van der Waals surface area (Å²) < 4.78 is 0. The van der Waals surface area contributed by atoms with Crippen LogP contribution in [0.3, 0.4) is 0 Å². The second-order valence-electron chi connectivity index (χ2n) is 6.62. The van der Waals surface area contributed by atoms with Crippen molar-refractivity contribution in [2.45, 2.75) is 25.2 Å². The zero-order valence-electron chi connectivity index (χ0n) is 15.9. The van der Waals surface area contributed by atoms with Gasteiger partial charge in [0.1, 0.15) is 0 Å². The van der Waals surface area contributed by atoms with Crippen molar-refractivity contribution >= 4 is 28.1 Å². The first kappa shape index (κ1) is 19.8. The molecule has 142 valence electrons. The largest absolute Gasteiger partial charge is 0.369 e. The first-order chi connectivity index (χ1) is 13.7. The van der Waals surface area contributed by atoms with Gasteiger partial charge in [-0.05, 0) is 35.6 Å². The van der Waals surface area contributed by atoms with Gasteiger partial charge in [0.2, 0.25) is 5.91 Å². The van der Waals surface area contributed by atoms with Crippen molar-refractivity contribution in [1.82, 2.24) is 4.98 Å². The minimum absolute atomic E-state index is 0.246. The van der Waals surface area contributed by atoms with Crippen molar-refractivity contribution in [2.75, 3.05) is 0 Å². The van der Waals surface area contributed by atoms with E-state index in [1.165, 1.54) is 10.3 Å². The molecule has 2 aromatic heterocycles. The Morgan fingerprint density at radius 3 is 2.32 bits per heavy atom. The lowest BCUT2D eigenvalue weighted by Gasteiger charge is -2.29. The quantitative estimate of drug-likeness (QED) is 0.500. The van der Waals surface area contributed by atoms with Gasteiger partial charge in [-0.2, -0.15) is 0 Å². The predicted octanol–water partition coefficient (Wildman–Crippen LogP) is 5.36. The molecular formula is C24H24N2OS. The summed E-state index contributed by atoms with van der Waals surface area (Å²) in [5, 5.41) is 3.23. The molecule has 1 unspecified atom stereocenters. The van der Waals surface area contributed by atoms with E-state index < -0.39 is 5.41 Å². The molecule has 2 aromatic carbocycles. The molecule has 3 nitrogen and oxygen atoms in total. The van der Waals surface area contributed by atoms with Crippen molar-refractivity contribution in [3.63, 3.8) is 0 Å². The van der Waals surface area contributed by atoms with Gasteiger partial charge in [-0.1, -0.05) is 67.6 Å². The van der Waals surface area contributed by atoms with Crippen LogP contribution in [0.1, 0.15) is 23.8 Å². The Labute approximate surface area is 169 Å². The molecule has 0 fully saturated rings. The molecule has 4 heteroatoms. The van der Waals surface area contributed by atoms with Crippen molar-refractivity contribution in [3.8, 4) is 0 Å². The monoisotopic (exact) mass is 388 g/mol. The Kier molecular flexibility index (Phi) is 6.56. The van der Waals surface area contributed by atoms with Gasteiger partial charge in [-0.3, -0.25) is 9.78 Å². The third kappa shape index (κ3) is 4.46. The Morgan fingerprint density at radius 2 is 1.68 bits per heavy atom. The summed E-state index contributed by atoms with van der Waals surface area (Å²) in [5.41, 5.74) is 7.17. The highest BCUT2D eigenvalue weighted by atomic mass is 32.1. The summed E-state index contributed by atoms with van der Waals surface area (Å²) in [7, 11) is 0. The third-order valence-electron chi connectivity index (χ3n) is 4.97. The average molecular weight is 389 g/mol. The highest BCUT2D eigenvalue weighted by molar-refractivity contribution is 7.09. The van der Waals surface area contributed by atoms with Crippen LogP contribution in [0, 0.1) is 0 Å². The first-order valence-electron chi connectivity index (χ1n) is 9.33. The van der Waals surface area contributed by atoms with Crippen molar-refractivity contribution in [1.29, 1.82) is 0 Å². The fraction of sp³-hybridized carbons (Fsp3) is 0.167. The van der Waals surface area contributed by atoms with Crippen LogP contribution in [0.2, 0.25) is 0 Å². The van der Waals surface area contributed by atoms with Gasteiger partial charge in [0.15, 0.2) is 0 Å². The summed E-state index contributed by atoms with van der Waals surface area (Å²) in [4.78, 5) is 17.4. The number of hydrogen-bond donors (Lipinski definition) is 1. The maximum atomic E-state index is 12.0. The van der Waals surface area contributed by atoms with Gasteiger partial charge < -0.3 is 5.73 Å². The molecule has 4 rings (SSSR count). The van der Waals surface area contributed by atoms with E-state index in [0.29, 0.717) is 12.8 Å². The van der Waals surface area contributed by atoms with Crippen molar-refractivity contribution < 1.29 is 4.79 Å². The Morgan fingerprint density at radius 1 is 0.964 bits per heavy atom. The molecule has 0 saturated carbocycles. The van der Waals surface area contributed by atoms with Crippen LogP contribution in [0.5, 0.6) is 0 Å². The lowest BCUT2D eigenvalue weighted by Crippen LogP contribution is -2.42. The molecule has 0 bridgehead atoms. The Balaban J connectivity index is 0.000000188. The van der Waals surface area contributed by atoms with E-state index in [-0.39, 0.29) is 5.91 Å². The van der Waals surface area contributed by atoms with Crippen LogP contribution in [0.25, 0.3) is 10.9 Å². The molecule has 2 N–H and O–H groups in total. The number of primary amides is 1. The standard InChI is InChI=1S/C15H17NOS.C9H7N/c1-2-15(14(16)17,11-13-9-6-10-18-13)12-7-4-3-5-8-12;1-2-6-9-8(4-1)5-3-7-10-9/h3-10H,2,11H2,1H3,(H2,16,17);1-7H. The number of hydrogen-bond acceptors (Lipinski definition) is 3. The van der Waals surface area contributed by atoms with Gasteiger partial charge >= 0.3 is 0 Å². The predicted molar refractivity (Wildman–Crippen MR) is 117 cm³/mol. The number of nitrogens with zero attached hydrogens (tertiary/aromatic N) is 1. The van der Waals surface area contributed by atoms with Crippen LogP contribution >= 0.6 is 11.3 Å². The minimum atomic E-state index is -0.591. The van der Waals surface area contributed by atoms with E-state index in [1.54, 1.807) is 11.3 Å². The molecule has 0 aliphatic heterocycles. The van der Waals surface area contributed by atoms with E-state index >= 15 is 0 Å². The van der Waals surface area contributed by atoms with Crippen molar-refractivity contribution in [2.24, 2.45) is 5.73 Å². The second kappa shape index (κ2) is 9.29. The summed E-state index contributed by atoms with van der Waals surface area (Å²) in [6, 6.07) is 26.0. The van der Waals surface area contributed by atoms with Gasteiger partial charge in [0.25, 0.3) is 0 Å². The molecular weight excluding hydrogens is 364 g/mol. The zero-order chi connectivity index (χ0) is 19.8. The number of para-hydroxylation sites is 1. The number of amides is 1. The maximum Gasteiger partial charge on any atom is 0.228 e. The average Bonchev–Trinajstić information content (AvgIpc) is 3.26. The molecule has 0 aliphatic carbocycles. The van der Waals surface area contributed by atoms with Crippen molar-refractivity contribution in [3.05, 3.63) is 101 Å². The number of thiophene rings is 1. The van der Waals surface area contributed by atoms with E-state index in [4.69, 9.17) is 5.73 Å². The highest BCUT2D eigenvalue weighted by Crippen LogP contribution is 2.33. The molecule has 1 atom stereocenters. The summed E-state index contributed by atoms with van der Waals surface area (Å²) in [6.07, 6.45) is 3.20. The molecule has 4 aromatic rings. The van der Waals surface area contributed by atoms with Gasteiger partial charge in [0, 0.05) is 22.9 Å². The fourth-order valence-corrected chi connectivity index (χ4v) is 4.14. The van der Waals surface area contributed by atoms with Gasteiger partial charge in [-0.25, -0.2) is 0 Å². The molecule has 28 heavy (non-hydrogen) atoms. The normalized spacial score (nSPS) is 12.6. The molecule has 0 radical (unpaired) electrons. The smallest absolute Gasteiger partial charge is 0.228 e. The number of benzene rings is 2. The van der Waals surface area contributed by atoms with Crippen LogP contribution in [0.4, 0.5) is 0 Å². The SMILES string of the molecule is CCC(Cc1cccs1)(C(N)=O)c1ccccc1.c1ccc2ncccc2c1. The topological polar surface area (TPSA) is 56.0 Å². The first-order valence-corrected chi connectivity index (χ1v) is 10.2. The van der Waals surface area contributed by atoms with E-state index in [2.05, 4.69) is 23.2 Å². The fourth-order valence-electron chi connectivity index (χ4n) is 3.32. The number of aromatic nitrogens is 1. The Bertz CT molecular complexity index is 950. The van der Waals surface area contributed by atoms with Gasteiger partial charge in [0.05, 0.1) is 10.9 Å². The number of nitrogens with two attached hydrogens (primary N) is 1. The molecule has 0 spiro atoms. The number of carbonyl (C=O) groups is 1. The number of rotatable bonds is 5. The summed E-state index contributed by atoms with van der Waals surface area (Å²) in [5.74, 6) is -0.246. The maximum absolute atomic E-state index is 12.0. The van der Waals surface area contributed by atoms with Crippen LogP contribution in [0.15, 0.2) is 90.4 Å². The lowest BCUT2D eigenvalue weighted by molar-refractivity contribution is -0.123. The van der Waals surface area contributed by atoms with E-state index in [0.717, 1.165) is 11.1 Å². The molecule has 0 aliphatic rings. The molecule has 1 amide bonds. The van der Waals surface area contributed by atoms with Crippen LogP contribution in [-0.4, -0.2) is 10.9 Å². The molecule has 0 saturated heterocycles. The summed E-state index contributed by atoms with van der Waals surface area (Å²) in [6.45, 7) is 2.02. The van der Waals surface area contributed by atoms with Gasteiger partial charge in [-0.15, -0.1) is 11.3 Å². The second-order valence-corrected chi connectivity index (χ2v) is 7.65. The van der Waals surface area contributed by atoms with Crippen LogP contribution < -0.4 is 5.73 Å². The Hall–Kier alpha value is -2.98. The highest BCUT2D eigenvalue weighted by Gasteiger charge is 2.37. The number of fused-ring (bicyclic) bond motifs is 1. The zero-order valence-corrected chi connectivity index (χ0v) is 16.7. The van der Waals surface area contributed by atoms with E-state index in [9.17, 15) is 4.79 Å². The lowest BCUT2D eigenvalue weighted by atomic mass is 9.74.